The Morgan fingerprint density at radius 2 is 2.17 bits per heavy atom. The van der Waals surface area contributed by atoms with Crippen LogP contribution in [0.25, 0.3) is 0 Å². The number of carbonyl (C=O) groups excluding carboxylic acids is 1. The largest absolute Gasteiger partial charge is 0.466 e. The van der Waals surface area contributed by atoms with Crippen molar-refractivity contribution in [2.45, 2.75) is 20.3 Å². The third-order valence-corrected chi connectivity index (χ3v) is 3.05. The molecule has 0 aliphatic carbocycles. The van der Waals surface area contributed by atoms with E-state index in [1.54, 1.807) is 6.92 Å². The van der Waals surface area contributed by atoms with Gasteiger partial charge in [0.1, 0.15) is 0 Å². The topological polar surface area (TPSA) is 122 Å². The Kier molecular flexibility index (Phi) is 5.67. The lowest BCUT2D eigenvalue weighted by molar-refractivity contribution is -0.142. The van der Waals surface area contributed by atoms with Crippen LogP contribution in [0, 0.1) is 6.92 Å². The Balaban J connectivity index is 2.19. The molecule has 0 aliphatic rings. The van der Waals surface area contributed by atoms with Gasteiger partial charge in [-0.1, -0.05) is 18.2 Å². The molecule has 8 heteroatoms. The standard InChI is InChI=1S/C16H19N5O3/c1-3-24-14(23)9-11-8-13(22)20-16(18-11)21-15(17)19-12-7-5-4-6-10(12)2/h4-8H,3,9H2,1-2H3,(H4,17,18,19,20,21,22). The summed E-state index contributed by atoms with van der Waals surface area (Å²) in [5.74, 6) is -0.377. The quantitative estimate of drug-likeness (QED) is 0.431. The lowest BCUT2D eigenvalue weighted by atomic mass is 10.2. The highest BCUT2D eigenvalue weighted by Gasteiger charge is 2.08. The summed E-state index contributed by atoms with van der Waals surface area (Å²) in [5, 5.41) is 2.93. The van der Waals surface area contributed by atoms with Crippen LogP contribution in [-0.4, -0.2) is 28.5 Å². The summed E-state index contributed by atoms with van der Waals surface area (Å²) >= 11 is 0. The summed E-state index contributed by atoms with van der Waals surface area (Å²) < 4.78 is 4.83. The van der Waals surface area contributed by atoms with Crippen LogP contribution in [0.15, 0.2) is 40.1 Å². The van der Waals surface area contributed by atoms with Crippen LogP contribution in [-0.2, 0) is 16.0 Å². The minimum Gasteiger partial charge on any atom is -0.466 e. The van der Waals surface area contributed by atoms with Crippen molar-refractivity contribution in [3.63, 3.8) is 0 Å². The van der Waals surface area contributed by atoms with E-state index in [0.717, 1.165) is 11.3 Å². The zero-order valence-electron chi connectivity index (χ0n) is 13.5. The van der Waals surface area contributed by atoms with Crippen LogP contribution in [0.3, 0.4) is 0 Å². The smallest absolute Gasteiger partial charge is 0.311 e. The highest BCUT2D eigenvalue weighted by molar-refractivity contribution is 5.94. The third kappa shape index (κ3) is 4.94. The number of benzene rings is 1. The van der Waals surface area contributed by atoms with Crippen molar-refractivity contribution in [3.8, 4) is 0 Å². The summed E-state index contributed by atoms with van der Waals surface area (Å²) in [6.07, 6.45) is -0.106. The number of esters is 1. The maximum absolute atomic E-state index is 11.7. The molecule has 0 aliphatic heterocycles. The number of hydrogen-bond acceptors (Lipinski definition) is 5. The van der Waals surface area contributed by atoms with Gasteiger partial charge < -0.3 is 15.8 Å². The fourth-order valence-electron chi connectivity index (χ4n) is 1.99. The van der Waals surface area contributed by atoms with Crippen molar-refractivity contribution in [1.29, 1.82) is 0 Å². The first-order valence-corrected chi connectivity index (χ1v) is 7.40. The number of nitrogens with zero attached hydrogens (tertiary/aromatic N) is 2. The average Bonchev–Trinajstić information content (AvgIpc) is 2.49. The van der Waals surface area contributed by atoms with Crippen molar-refractivity contribution >= 4 is 23.6 Å². The molecule has 24 heavy (non-hydrogen) atoms. The number of aliphatic imine (C=N–C) groups is 1. The van der Waals surface area contributed by atoms with Gasteiger partial charge >= 0.3 is 5.97 Å². The van der Waals surface area contributed by atoms with Gasteiger partial charge in [0.15, 0.2) is 0 Å². The third-order valence-electron chi connectivity index (χ3n) is 3.05. The maximum Gasteiger partial charge on any atom is 0.311 e. The first-order valence-electron chi connectivity index (χ1n) is 7.40. The Morgan fingerprint density at radius 1 is 1.42 bits per heavy atom. The van der Waals surface area contributed by atoms with E-state index in [2.05, 4.69) is 20.3 Å². The summed E-state index contributed by atoms with van der Waals surface area (Å²) in [6.45, 7) is 3.90. The molecule has 0 amide bonds. The molecule has 0 atom stereocenters. The normalized spacial score (nSPS) is 11.2. The molecule has 0 bridgehead atoms. The predicted molar refractivity (Wildman–Crippen MR) is 91.3 cm³/mol. The van der Waals surface area contributed by atoms with Crippen LogP contribution in [0.1, 0.15) is 18.2 Å². The highest BCUT2D eigenvalue weighted by atomic mass is 16.5. The van der Waals surface area contributed by atoms with Crippen LogP contribution >= 0.6 is 0 Å². The number of nitrogens with two attached hydrogens (primary N) is 1. The number of ether oxygens (including phenoxy) is 1. The van der Waals surface area contributed by atoms with E-state index < -0.39 is 11.5 Å². The monoisotopic (exact) mass is 329 g/mol. The summed E-state index contributed by atoms with van der Waals surface area (Å²) in [4.78, 5) is 33.7. The number of anilines is 1. The van der Waals surface area contributed by atoms with Gasteiger partial charge in [0, 0.05) is 11.8 Å². The second-order valence-corrected chi connectivity index (χ2v) is 4.98. The Morgan fingerprint density at radius 3 is 2.88 bits per heavy atom. The minimum absolute atomic E-state index is 0.0142. The van der Waals surface area contributed by atoms with Gasteiger partial charge in [0.05, 0.1) is 18.7 Å². The zero-order chi connectivity index (χ0) is 17.5. The van der Waals surface area contributed by atoms with Crippen LogP contribution in [0.5, 0.6) is 0 Å². The molecule has 0 saturated heterocycles. The number of H-pyrrole nitrogens is 1. The molecule has 0 spiro atoms. The van der Waals surface area contributed by atoms with Crippen LogP contribution < -0.4 is 16.6 Å². The molecule has 2 rings (SSSR count). The van der Waals surface area contributed by atoms with Crippen molar-refractivity contribution < 1.29 is 9.53 Å². The molecule has 1 aromatic heterocycles. The number of aryl methyl sites for hydroxylation is 1. The van der Waals surface area contributed by atoms with Crippen molar-refractivity contribution in [2.24, 2.45) is 10.7 Å². The van der Waals surface area contributed by atoms with Gasteiger partial charge in [-0.2, -0.15) is 4.99 Å². The fraction of sp³-hybridized carbons (Fsp3) is 0.250. The molecule has 0 radical (unpaired) electrons. The van der Waals surface area contributed by atoms with Gasteiger partial charge in [-0.05, 0) is 25.5 Å². The van der Waals surface area contributed by atoms with Crippen LogP contribution in [0.2, 0.25) is 0 Å². The molecule has 1 aromatic carbocycles. The molecule has 0 fully saturated rings. The lowest BCUT2D eigenvalue weighted by Gasteiger charge is -2.08. The molecule has 126 valence electrons. The van der Waals surface area contributed by atoms with E-state index in [9.17, 15) is 9.59 Å². The first-order chi connectivity index (χ1) is 11.5. The SMILES string of the molecule is CCOC(=O)Cc1cc(=O)[nH]c(N=C(N)Nc2ccccc2C)n1. The number of guanidine groups is 1. The highest BCUT2D eigenvalue weighted by Crippen LogP contribution is 2.13. The summed E-state index contributed by atoms with van der Waals surface area (Å²) in [6, 6.07) is 8.77. The number of nitrogens with one attached hydrogen (secondary N) is 2. The van der Waals surface area contributed by atoms with Crippen LogP contribution in [0.4, 0.5) is 11.6 Å². The second-order valence-electron chi connectivity index (χ2n) is 4.98. The van der Waals surface area contributed by atoms with E-state index in [0.29, 0.717) is 0 Å². The molecule has 4 N–H and O–H groups in total. The van der Waals surface area contributed by atoms with Gasteiger partial charge in [0.2, 0.25) is 11.9 Å². The van der Waals surface area contributed by atoms with Crippen molar-refractivity contribution in [3.05, 3.63) is 51.9 Å². The fourth-order valence-corrected chi connectivity index (χ4v) is 1.99. The molecular weight excluding hydrogens is 310 g/mol. The van der Waals surface area contributed by atoms with E-state index in [1.165, 1.54) is 6.07 Å². The van der Waals surface area contributed by atoms with Gasteiger partial charge in [-0.15, -0.1) is 0 Å². The lowest BCUT2D eigenvalue weighted by Crippen LogP contribution is -2.23. The van der Waals surface area contributed by atoms with Gasteiger partial charge in [-0.3, -0.25) is 14.6 Å². The summed E-state index contributed by atoms with van der Waals surface area (Å²) in [5.41, 5.74) is 7.47. The Labute approximate surface area is 138 Å². The number of aromatic amines is 1. The predicted octanol–water partition coefficient (Wildman–Crippen LogP) is 1.24. The number of hydrogen-bond donors (Lipinski definition) is 3. The molecule has 8 nitrogen and oxygen atoms in total. The molecular formula is C16H19N5O3. The maximum atomic E-state index is 11.7. The Hall–Kier alpha value is -3.16. The van der Waals surface area contributed by atoms with Gasteiger partial charge in [-0.25, -0.2) is 4.98 Å². The number of aromatic nitrogens is 2. The van der Waals surface area contributed by atoms with Crippen molar-refractivity contribution in [2.75, 3.05) is 11.9 Å². The zero-order valence-corrected chi connectivity index (χ0v) is 13.5. The second kappa shape index (κ2) is 7.91. The number of carbonyl (C=O) groups is 1. The first kappa shape index (κ1) is 17.2. The van der Waals surface area contributed by atoms with Crippen molar-refractivity contribution in [1.82, 2.24) is 9.97 Å². The number of para-hydroxylation sites is 1. The number of rotatable bonds is 5. The van der Waals surface area contributed by atoms with E-state index in [-0.39, 0.29) is 30.6 Å². The van der Waals surface area contributed by atoms with E-state index in [4.69, 9.17) is 10.5 Å². The molecule has 0 saturated carbocycles. The molecule has 0 unspecified atom stereocenters. The Bertz CT molecular complexity index is 813. The molecule has 2 aromatic rings. The van der Waals surface area contributed by atoms with E-state index >= 15 is 0 Å². The average molecular weight is 329 g/mol. The van der Waals surface area contributed by atoms with Gasteiger partial charge in [0.25, 0.3) is 5.56 Å². The molecule has 1 heterocycles. The minimum atomic E-state index is -0.462. The summed E-state index contributed by atoms with van der Waals surface area (Å²) in [7, 11) is 0. The van der Waals surface area contributed by atoms with E-state index in [1.807, 2.05) is 31.2 Å².